The zero-order valence-corrected chi connectivity index (χ0v) is 18.7. The number of likely N-dealkylation sites (tertiary alicyclic amines) is 1. The van der Waals surface area contributed by atoms with Crippen LogP contribution in [-0.4, -0.2) is 53.4 Å². The second-order valence-corrected chi connectivity index (χ2v) is 8.48. The van der Waals surface area contributed by atoms with Crippen LogP contribution in [-0.2, 0) is 20.9 Å². The SMILES string of the molecule is COC(=O)[C@@]1(C)C[C@@H](C(=O)N(C)Cc2ccncc2C)[C@@H](c2ccccc2C)N1C. The molecule has 0 radical (unpaired) electrons. The number of ether oxygens (including phenoxy) is 1. The van der Waals surface area contributed by atoms with E-state index in [-0.39, 0.29) is 23.8 Å². The average Bonchev–Trinajstić information content (AvgIpc) is 3.00. The van der Waals surface area contributed by atoms with Gasteiger partial charge in [-0.05, 0) is 62.6 Å². The van der Waals surface area contributed by atoms with Crippen LogP contribution in [0, 0.1) is 19.8 Å². The van der Waals surface area contributed by atoms with Crippen LogP contribution in [0.5, 0.6) is 0 Å². The summed E-state index contributed by atoms with van der Waals surface area (Å²) in [5, 5.41) is 0. The molecule has 0 spiro atoms. The Hall–Kier alpha value is -2.73. The summed E-state index contributed by atoms with van der Waals surface area (Å²) in [4.78, 5) is 34.2. The number of likely N-dealkylation sites (N-methyl/N-ethyl adjacent to an activating group) is 1. The van der Waals surface area contributed by atoms with E-state index in [0.717, 1.165) is 22.3 Å². The molecule has 2 aromatic rings. The third kappa shape index (κ3) is 3.84. The fraction of sp³-hybridized carbons (Fsp3) is 0.458. The second kappa shape index (κ2) is 8.56. The highest BCUT2D eigenvalue weighted by molar-refractivity contribution is 5.86. The van der Waals surface area contributed by atoms with Gasteiger partial charge in [0.25, 0.3) is 0 Å². The van der Waals surface area contributed by atoms with Crippen molar-refractivity contribution in [2.24, 2.45) is 5.92 Å². The molecule has 1 saturated heterocycles. The first kappa shape index (κ1) is 22.0. The average molecular weight is 410 g/mol. The van der Waals surface area contributed by atoms with Crippen LogP contribution in [0.1, 0.15) is 41.6 Å². The van der Waals surface area contributed by atoms with Crippen molar-refractivity contribution in [1.29, 1.82) is 0 Å². The Morgan fingerprint density at radius 3 is 2.57 bits per heavy atom. The molecule has 0 saturated carbocycles. The number of hydrogen-bond acceptors (Lipinski definition) is 5. The smallest absolute Gasteiger partial charge is 0.326 e. The van der Waals surface area contributed by atoms with Crippen molar-refractivity contribution in [1.82, 2.24) is 14.8 Å². The lowest BCUT2D eigenvalue weighted by Gasteiger charge is -2.34. The molecular weight excluding hydrogens is 378 g/mol. The van der Waals surface area contributed by atoms with Gasteiger partial charge in [-0.2, -0.15) is 0 Å². The first-order valence-electron chi connectivity index (χ1n) is 10.2. The minimum atomic E-state index is -0.866. The van der Waals surface area contributed by atoms with Crippen molar-refractivity contribution < 1.29 is 14.3 Å². The van der Waals surface area contributed by atoms with E-state index >= 15 is 0 Å². The van der Waals surface area contributed by atoms with Crippen molar-refractivity contribution in [3.05, 3.63) is 65.0 Å². The summed E-state index contributed by atoms with van der Waals surface area (Å²) in [7, 11) is 5.14. The number of aromatic nitrogens is 1. The topological polar surface area (TPSA) is 62.7 Å². The molecule has 0 aliphatic carbocycles. The van der Waals surface area contributed by atoms with Crippen LogP contribution >= 0.6 is 0 Å². The first-order valence-corrected chi connectivity index (χ1v) is 10.2. The predicted molar refractivity (Wildman–Crippen MR) is 116 cm³/mol. The van der Waals surface area contributed by atoms with Gasteiger partial charge in [0, 0.05) is 32.0 Å². The molecule has 2 heterocycles. The largest absolute Gasteiger partial charge is 0.468 e. The summed E-state index contributed by atoms with van der Waals surface area (Å²) in [5.41, 5.74) is 3.43. The van der Waals surface area contributed by atoms with Gasteiger partial charge in [-0.1, -0.05) is 24.3 Å². The lowest BCUT2D eigenvalue weighted by molar-refractivity contribution is -0.152. The Morgan fingerprint density at radius 2 is 1.93 bits per heavy atom. The summed E-state index contributed by atoms with van der Waals surface area (Å²) in [6.07, 6.45) is 3.96. The molecule has 3 atom stereocenters. The number of benzene rings is 1. The molecule has 1 amide bonds. The standard InChI is InChI=1S/C24H31N3O3/c1-16-9-7-8-10-19(16)21-20(13-24(3,27(21)5)23(29)30-6)22(28)26(4)15-18-11-12-25-14-17(18)2/h7-12,14,20-21H,13,15H2,1-6H3/t20-,21-,24-/m1/s1. The third-order valence-corrected chi connectivity index (χ3v) is 6.56. The van der Waals surface area contributed by atoms with E-state index in [9.17, 15) is 9.59 Å². The molecular formula is C24H31N3O3. The number of rotatable bonds is 5. The highest BCUT2D eigenvalue weighted by atomic mass is 16.5. The van der Waals surface area contributed by atoms with Crippen LogP contribution in [0.4, 0.5) is 0 Å². The number of methoxy groups -OCH3 is 1. The molecule has 6 heteroatoms. The van der Waals surface area contributed by atoms with Crippen molar-refractivity contribution in [2.45, 2.75) is 45.3 Å². The summed E-state index contributed by atoms with van der Waals surface area (Å²) in [6.45, 7) is 6.41. The highest BCUT2D eigenvalue weighted by Crippen LogP contribution is 2.47. The third-order valence-electron chi connectivity index (χ3n) is 6.56. The van der Waals surface area contributed by atoms with Crippen LogP contribution in [0.25, 0.3) is 0 Å². The van der Waals surface area contributed by atoms with E-state index in [2.05, 4.69) is 4.98 Å². The molecule has 1 aromatic carbocycles. The van der Waals surface area contributed by atoms with Crippen LogP contribution in [0.3, 0.4) is 0 Å². The van der Waals surface area contributed by atoms with Gasteiger partial charge < -0.3 is 9.64 Å². The molecule has 0 bridgehead atoms. The molecule has 3 rings (SSSR count). The van der Waals surface area contributed by atoms with Gasteiger partial charge in [-0.15, -0.1) is 0 Å². The van der Waals surface area contributed by atoms with Crippen molar-refractivity contribution in [3.63, 3.8) is 0 Å². The minimum Gasteiger partial charge on any atom is -0.468 e. The summed E-state index contributed by atoms with van der Waals surface area (Å²) >= 11 is 0. The Balaban J connectivity index is 1.97. The lowest BCUT2D eigenvalue weighted by Crippen LogP contribution is -2.47. The van der Waals surface area contributed by atoms with Crippen LogP contribution in [0.2, 0.25) is 0 Å². The van der Waals surface area contributed by atoms with Gasteiger partial charge in [0.15, 0.2) is 0 Å². The quantitative estimate of drug-likeness (QED) is 0.709. The number of amides is 1. The van der Waals surface area contributed by atoms with E-state index in [4.69, 9.17) is 4.74 Å². The van der Waals surface area contributed by atoms with Gasteiger partial charge >= 0.3 is 5.97 Å². The zero-order valence-electron chi connectivity index (χ0n) is 18.7. The number of pyridine rings is 1. The molecule has 0 unspecified atom stereocenters. The zero-order chi connectivity index (χ0) is 22.1. The first-order chi connectivity index (χ1) is 14.2. The normalized spacial score (nSPS) is 23.9. The van der Waals surface area contributed by atoms with Gasteiger partial charge in [0.2, 0.25) is 5.91 Å². The monoisotopic (exact) mass is 409 g/mol. The molecule has 160 valence electrons. The molecule has 1 aliphatic heterocycles. The molecule has 1 aliphatic rings. The lowest BCUT2D eigenvalue weighted by atomic mass is 9.87. The van der Waals surface area contributed by atoms with Gasteiger partial charge in [-0.25, -0.2) is 0 Å². The maximum atomic E-state index is 13.6. The summed E-state index contributed by atoms with van der Waals surface area (Å²) in [5.74, 6) is -0.641. The maximum Gasteiger partial charge on any atom is 0.326 e. The van der Waals surface area contributed by atoms with Gasteiger partial charge in [0.1, 0.15) is 5.54 Å². The maximum absolute atomic E-state index is 13.6. The Kier molecular flexibility index (Phi) is 6.27. The van der Waals surface area contributed by atoms with E-state index in [1.165, 1.54) is 7.11 Å². The number of carbonyl (C=O) groups is 2. The van der Waals surface area contributed by atoms with Crippen molar-refractivity contribution >= 4 is 11.9 Å². The Morgan fingerprint density at radius 1 is 1.23 bits per heavy atom. The van der Waals surface area contributed by atoms with Crippen LogP contribution in [0.15, 0.2) is 42.7 Å². The molecule has 1 fully saturated rings. The van der Waals surface area contributed by atoms with E-state index < -0.39 is 5.54 Å². The molecule has 6 nitrogen and oxygen atoms in total. The van der Waals surface area contributed by atoms with E-state index in [0.29, 0.717) is 13.0 Å². The fourth-order valence-corrected chi connectivity index (χ4v) is 4.57. The number of aryl methyl sites for hydroxylation is 2. The summed E-state index contributed by atoms with van der Waals surface area (Å²) in [6, 6.07) is 9.80. The van der Waals surface area contributed by atoms with Crippen molar-refractivity contribution in [3.8, 4) is 0 Å². The summed E-state index contributed by atoms with van der Waals surface area (Å²) < 4.78 is 5.11. The van der Waals surface area contributed by atoms with Gasteiger partial charge in [0.05, 0.1) is 13.0 Å². The van der Waals surface area contributed by atoms with Gasteiger partial charge in [-0.3, -0.25) is 19.5 Å². The van der Waals surface area contributed by atoms with E-state index in [1.807, 2.05) is 70.1 Å². The fourth-order valence-electron chi connectivity index (χ4n) is 4.57. The number of esters is 1. The van der Waals surface area contributed by atoms with Crippen LogP contribution < -0.4 is 0 Å². The second-order valence-electron chi connectivity index (χ2n) is 8.48. The van der Waals surface area contributed by atoms with Crippen molar-refractivity contribution in [2.75, 3.05) is 21.2 Å². The number of carbonyl (C=O) groups excluding carboxylic acids is 2. The number of hydrogen-bond donors (Lipinski definition) is 0. The molecule has 0 N–H and O–H groups in total. The van der Waals surface area contributed by atoms with E-state index in [1.54, 1.807) is 17.3 Å². The molecule has 30 heavy (non-hydrogen) atoms. The molecule has 1 aromatic heterocycles. The Labute approximate surface area is 178 Å². The predicted octanol–water partition coefficient (Wildman–Crippen LogP) is 3.28. The Bertz CT molecular complexity index is 945. The highest BCUT2D eigenvalue weighted by Gasteiger charge is 2.55. The minimum absolute atomic E-state index is 0.0268. The number of nitrogens with zero attached hydrogens (tertiary/aromatic N) is 3.